The van der Waals surface area contributed by atoms with Crippen molar-refractivity contribution in [3.8, 4) is 0 Å². The Bertz CT molecular complexity index is 420. The maximum Gasteiger partial charge on any atom is 0.270 e. The van der Waals surface area contributed by atoms with Crippen LogP contribution in [0.2, 0.25) is 0 Å². The summed E-state index contributed by atoms with van der Waals surface area (Å²) in [5.41, 5.74) is 0.399. The second-order valence-electron chi connectivity index (χ2n) is 5.45. The molecule has 1 aromatic rings. The van der Waals surface area contributed by atoms with Crippen LogP contribution in [0.25, 0.3) is 0 Å². The fraction of sp³-hybridized carbons (Fsp3) is 0.643. The number of carbonyl (C=O) groups is 1. The average Bonchev–Trinajstić information content (AvgIpc) is 2.41. The van der Waals surface area contributed by atoms with Gasteiger partial charge in [0.2, 0.25) is 5.95 Å². The van der Waals surface area contributed by atoms with Gasteiger partial charge in [0.05, 0.1) is 0 Å². The maximum absolute atomic E-state index is 11.9. The van der Waals surface area contributed by atoms with Gasteiger partial charge < -0.3 is 15.5 Å². The van der Waals surface area contributed by atoms with Crippen LogP contribution in [-0.2, 0) is 0 Å². The molecule has 0 atom stereocenters. The minimum atomic E-state index is -0.155. The van der Waals surface area contributed by atoms with E-state index in [2.05, 4.69) is 39.3 Å². The molecule has 0 bridgehead atoms. The SMILES string of the molecule is CC(C)CNC(=O)c1ccnc(NCCCN(C)C)n1. The van der Waals surface area contributed by atoms with Gasteiger partial charge in [-0.05, 0) is 39.0 Å². The van der Waals surface area contributed by atoms with E-state index in [1.165, 1.54) is 0 Å². The topological polar surface area (TPSA) is 70.2 Å². The van der Waals surface area contributed by atoms with E-state index < -0.39 is 0 Å². The van der Waals surface area contributed by atoms with Crippen LogP contribution in [0.15, 0.2) is 12.3 Å². The highest BCUT2D eigenvalue weighted by atomic mass is 16.1. The monoisotopic (exact) mass is 279 g/mol. The normalized spacial score (nSPS) is 10.9. The fourth-order valence-corrected chi connectivity index (χ4v) is 1.55. The Labute approximate surface area is 121 Å². The van der Waals surface area contributed by atoms with Crippen LogP contribution < -0.4 is 10.6 Å². The van der Waals surface area contributed by atoms with E-state index in [-0.39, 0.29) is 5.91 Å². The first kappa shape index (κ1) is 16.4. The summed E-state index contributed by atoms with van der Waals surface area (Å²) < 4.78 is 0. The van der Waals surface area contributed by atoms with Gasteiger partial charge in [-0.15, -0.1) is 0 Å². The molecular weight excluding hydrogens is 254 g/mol. The Hall–Kier alpha value is -1.69. The summed E-state index contributed by atoms with van der Waals surface area (Å²) in [6.45, 7) is 6.54. The van der Waals surface area contributed by atoms with Crippen molar-refractivity contribution in [1.82, 2.24) is 20.2 Å². The molecule has 0 unspecified atom stereocenters. The van der Waals surface area contributed by atoms with Crippen molar-refractivity contribution in [3.05, 3.63) is 18.0 Å². The molecule has 1 heterocycles. The third kappa shape index (κ3) is 6.47. The first-order chi connectivity index (χ1) is 9.49. The number of aromatic nitrogens is 2. The van der Waals surface area contributed by atoms with E-state index in [1.54, 1.807) is 12.3 Å². The lowest BCUT2D eigenvalue weighted by Gasteiger charge is -2.10. The van der Waals surface area contributed by atoms with Gasteiger partial charge in [0.15, 0.2) is 0 Å². The van der Waals surface area contributed by atoms with Gasteiger partial charge in [0.1, 0.15) is 5.69 Å². The molecule has 20 heavy (non-hydrogen) atoms. The minimum absolute atomic E-state index is 0.155. The van der Waals surface area contributed by atoms with Crippen LogP contribution in [0, 0.1) is 5.92 Å². The summed E-state index contributed by atoms with van der Waals surface area (Å²) in [4.78, 5) is 22.3. The van der Waals surface area contributed by atoms with Gasteiger partial charge in [-0.1, -0.05) is 13.8 Å². The van der Waals surface area contributed by atoms with E-state index in [0.717, 1.165) is 19.5 Å². The Morgan fingerprint density at radius 3 is 2.80 bits per heavy atom. The number of nitrogens with zero attached hydrogens (tertiary/aromatic N) is 3. The number of amides is 1. The quantitative estimate of drug-likeness (QED) is 0.700. The van der Waals surface area contributed by atoms with Crippen molar-refractivity contribution in [2.75, 3.05) is 39.0 Å². The van der Waals surface area contributed by atoms with Crippen LogP contribution in [0.1, 0.15) is 30.8 Å². The molecule has 0 spiro atoms. The van der Waals surface area contributed by atoms with E-state index in [4.69, 9.17) is 0 Å². The van der Waals surface area contributed by atoms with Gasteiger partial charge >= 0.3 is 0 Å². The van der Waals surface area contributed by atoms with Crippen LogP contribution in [0.5, 0.6) is 0 Å². The van der Waals surface area contributed by atoms with Gasteiger partial charge in [-0.25, -0.2) is 9.97 Å². The molecule has 6 heteroatoms. The first-order valence-electron chi connectivity index (χ1n) is 6.99. The van der Waals surface area contributed by atoms with Gasteiger partial charge in [0.25, 0.3) is 5.91 Å². The van der Waals surface area contributed by atoms with Gasteiger partial charge in [-0.2, -0.15) is 0 Å². The van der Waals surface area contributed by atoms with E-state index in [9.17, 15) is 4.79 Å². The highest BCUT2D eigenvalue weighted by Crippen LogP contribution is 2.01. The number of nitrogens with one attached hydrogen (secondary N) is 2. The predicted molar refractivity (Wildman–Crippen MR) is 80.9 cm³/mol. The second kappa shape index (κ2) is 8.47. The standard InChI is InChI=1S/C14H25N5O/c1-11(2)10-17-13(20)12-6-8-16-14(18-12)15-7-5-9-19(3)4/h6,8,11H,5,7,9-10H2,1-4H3,(H,17,20)(H,15,16,18). The van der Waals surface area contributed by atoms with Crippen LogP contribution in [0.4, 0.5) is 5.95 Å². The average molecular weight is 279 g/mol. The molecule has 0 saturated carbocycles. The Balaban J connectivity index is 2.46. The zero-order chi connectivity index (χ0) is 15.0. The number of hydrogen-bond acceptors (Lipinski definition) is 5. The van der Waals surface area contributed by atoms with Gasteiger partial charge in [0, 0.05) is 19.3 Å². The molecule has 0 aliphatic heterocycles. The number of hydrogen-bond donors (Lipinski definition) is 2. The van der Waals surface area contributed by atoms with Crippen molar-refractivity contribution < 1.29 is 4.79 Å². The minimum Gasteiger partial charge on any atom is -0.354 e. The lowest BCUT2D eigenvalue weighted by molar-refractivity contribution is 0.0944. The second-order valence-corrected chi connectivity index (χ2v) is 5.45. The van der Waals surface area contributed by atoms with Crippen LogP contribution >= 0.6 is 0 Å². The van der Waals surface area contributed by atoms with Crippen molar-refractivity contribution in [3.63, 3.8) is 0 Å². The molecule has 0 aromatic carbocycles. The van der Waals surface area contributed by atoms with E-state index >= 15 is 0 Å². The van der Waals surface area contributed by atoms with Crippen LogP contribution in [0.3, 0.4) is 0 Å². The molecule has 2 N–H and O–H groups in total. The molecular formula is C14H25N5O. The first-order valence-corrected chi connectivity index (χ1v) is 6.99. The van der Waals surface area contributed by atoms with Crippen molar-refractivity contribution in [2.24, 2.45) is 5.92 Å². The molecule has 0 saturated heterocycles. The van der Waals surface area contributed by atoms with Crippen molar-refractivity contribution >= 4 is 11.9 Å². The number of rotatable bonds is 8. The smallest absolute Gasteiger partial charge is 0.270 e. The molecule has 6 nitrogen and oxygen atoms in total. The molecule has 112 valence electrons. The van der Waals surface area contributed by atoms with E-state index in [1.807, 2.05) is 14.1 Å². The Morgan fingerprint density at radius 1 is 1.40 bits per heavy atom. The lowest BCUT2D eigenvalue weighted by Crippen LogP contribution is -2.28. The summed E-state index contributed by atoms with van der Waals surface area (Å²) in [7, 11) is 4.08. The third-order valence-electron chi connectivity index (χ3n) is 2.62. The van der Waals surface area contributed by atoms with E-state index in [0.29, 0.717) is 24.1 Å². The molecule has 0 fully saturated rings. The van der Waals surface area contributed by atoms with Crippen LogP contribution in [-0.4, -0.2) is 54.5 Å². The zero-order valence-electron chi connectivity index (χ0n) is 12.8. The van der Waals surface area contributed by atoms with Crippen molar-refractivity contribution in [1.29, 1.82) is 0 Å². The molecule has 0 radical (unpaired) electrons. The summed E-state index contributed by atoms with van der Waals surface area (Å²) in [6, 6.07) is 1.63. The molecule has 0 aliphatic rings. The Morgan fingerprint density at radius 2 is 2.15 bits per heavy atom. The molecule has 0 aliphatic carbocycles. The largest absolute Gasteiger partial charge is 0.354 e. The van der Waals surface area contributed by atoms with Crippen molar-refractivity contribution in [2.45, 2.75) is 20.3 Å². The summed E-state index contributed by atoms with van der Waals surface area (Å²) in [6.07, 6.45) is 2.60. The Kier molecular flexibility index (Phi) is 6.93. The summed E-state index contributed by atoms with van der Waals surface area (Å²) in [5, 5.41) is 5.98. The van der Waals surface area contributed by atoms with Gasteiger partial charge in [-0.3, -0.25) is 4.79 Å². The predicted octanol–water partition coefficient (Wildman–Crippen LogP) is 1.23. The molecule has 1 amide bonds. The zero-order valence-corrected chi connectivity index (χ0v) is 12.8. The summed E-state index contributed by atoms with van der Waals surface area (Å²) >= 11 is 0. The number of anilines is 1. The molecule has 1 rings (SSSR count). The number of carbonyl (C=O) groups excluding carboxylic acids is 1. The third-order valence-corrected chi connectivity index (χ3v) is 2.62. The maximum atomic E-state index is 11.9. The fourth-order valence-electron chi connectivity index (χ4n) is 1.55. The highest BCUT2D eigenvalue weighted by Gasteiger charge is 2.08. The lowest BCUT2D eigenvalue weighted by atomic mass is 10.2. The summed E-state index contributed by atoms with van der Waals surface area (Å²) in [5.74, 6) is 0.766. The molecule has 1 aromatic heterocycles. The highest BCUT2D eigenvalue weighted by molar-refractivity contribution is 5.92.